The van der Waals surface area contributed by atoms with Crippen molar-refractivity contribution in [2.24, 2.45) is 0 Å². The lowest BCUT2D eigenvalue weighted by molar-refractivity contribution is 0.353. The first-order valence-corrected chi connectivity index (χ1v) is 4.55. The summed E-state index contributed by atoms with van der Waals surface area (Å²) in [5.74, 6) is 0.153. The van der Waals surface area contributed by atoms with Crippen LogP contribution in [0.2, 0.25) is 0 Å². The Bertz CT molecular complexity index is 278. The van der Waals surface area contributed by atoms with E-state index in [1.165, 1.54) is 18.7 Å². The molecule has 2 N–H and O–H groups in total. The summed E-state index contributed by atoms with van der Waals surface area (Å²) in [6, 6.07) is 0. The molecule has 12 heavy (non-hydrogen) atoms. The van der Waals surface area contributed by atoms with Crippen molar-refractivity contribution in [1.82, 2.24) is 15.0 Å². The molecule has 1 aromatic heterocycles. The van der Waals surface area contributed by atoms with Crippen molar-refractivity contribution in [3.8, 4) is 0 Å². The minimum absolute atomic E-state index is 0.0638. The third-order valence-corrected chi connectivity index (χ3v) is 1.74. The molecule has 0 aliphatic carbocycles. The van der Waals surface area contributed by atoms with Gasteiger partial charge < -0.3 is 5.73 Å². The number of halogens is 1. The normalized spacial score (nSPS) is 12.9. The van der Waals surface area contributed by atoms with E-state index in [0.29, 0.717) is 5.16 Å². The van der Waals surface area contributed by atoms with Crippen molar-refractivity contribution in [2.75, 3.05) is 12.0 Å². The van der Waals surface area contributed by atoms with Crippen molar-refractivity contribution >= 4 is 17.7 Å². The lowest BCUT2D eigenvalue weighted by Gasteiger charge is -2.02. The number of rotatable bonds is 2. The van der Waals surface area contributed by atoms with Crippen molar-refractivity contribution in [1.29, 1.82) is 0 Å². The van der Waals surface area contributed by atoms with Crippen LogP contribution in [0.5, 0.6) is 0 Å². The molecule has 1 atom stereocenters. The molecule has 6 heteroatoms. The zero-order chi connectivity index (χ0) is 9.14. The molecule has 0 fully saturated rings. The Labute approximate surface area is 73.8 Å². The van der Waals surface area contributed by atoms with Gasteiger partial charge in [-0.15, -0.1) is 0 Å². The molecule has 0 saturated heterocycles. The molecular weight excluding hydrogens is 179 g/mol. The predicted octanol–water partition coefficient (Wildman–Crippen LogP) is 1.21. The monoisotopic (exact) mass is 188 g/mol. The summed E-state index contributed by atoms with van der Waals surface area (Å²) in [5, 5.41) is 0.446. The number of nitrogens with two attached hydrogens (primary N) is 1. The summed E-state index contributed by atoms with van der Waals surface area (Å²) in [7, 11) is 0. The van der Waals surface area contributed by atoms with Gasteiger partial charge in [0.2, 0.25) is 5.95 Å². The van der Waals surface area contributed by atoms with Crippen LogP contribution in [0.3, 0.4) is 0 Å². The molecule has 1 aromatic rings. The second-order valence-corrected chi connectivity index (χ2v) is 2.93. The molecule has 0 saturated carbocycles. The van der Waals surface area contributed by atoms with Crippen LogP contribution < -0.4 is 5.73 Å². The number of anilines is 1. The number of thioether (sulfide) groups is 1. The fraction of sp³-hybridized carbons (Fsp3) is 0.500. The third kappa shape index (κ3) is 2.04. The Morgan fingerprint density at radius 2 is 2.08 bits per heavy atom. The zero-order valence-electron chi connectivity index (χ0n) is 6.78. The van der Waals surface area contributed by atoms with E-state index < -0.39 is 6.17 Å². The number of hydrogen-bond acceptors (Lipinski definition) is 5. The molecule has 1 unspecified atom stereocenters. The quantitative estimate of drug-likeness (QED) is 0.706. The van der Waals surface area contributed by atoms with Crippen LogP contribution in [0, 0.1) is 0 Å². The second kappa shape index (κ2) is 3.66. The average molecular weight is 188 g/mol. The van der Waals surface area contributed by atoms with Gasteiger partial charge >= 0.3 is 0 Å². The van der Waals surface area contributed by atoms with Crippen LogP contribution in [0.15, 0.2) is 5.16 Å². The van der Waals surface area contributed by atoms with E-state index in [0.717, 1.165) is 0 Å². The minimum Gasteiger partial charge on any atom is -0.368 e. The smallest absolute Gasteiger partial charge is 0.224 e. The lowest BCUT2D eigenvalue weighted by atomic mass is 10.4. The van der Waals surface area contributed by atoms with E-state index in [1.807, 2.05) is 0 Å². The van der Waals surface area contributed by atoms with Crippen LogP contribution in [0.4, 0.5) is 10.3 Å². The summed E-state index contributed by atoms with van der Waals surface area (Å²) in [4.78, 5) is 11.3. The molecule has 1 rings (SSSR count). The molecule has 0 aromatic carbocycles. The van der Waals surface area contributed by atoms with E-state index in [1.54, 1.807) is 6.26 Å². The molecule has 0 radical (unpaired) electrons. The van der Waals surface area contributed by atoms with Crippen molar-refractivity contribution in [2.45, 2.75) is 18.3 Å². The maximum Gasteiger partial charge on any atom is 0.224 e. The highest BCUT2D eigenvalue weighted by Crippen LogP contribution is 2.15. The van der Waals surface area contributed by atoms with Crippen LogP contribution in [0.25, 0.3) is 0 Å². The molecular formula is C6H9FN4S. The van der Waals surface area contributed by atoms with Gasteiger partial charge in [0, 0.05) is 0 Å². The number of hydrogen-bond donors (Lipinski definition) is 1. The van der Waals surface area contributed by atoms with E-state index in [-0.39, 0.29) is 11.8 Å². The summed E-state index contributed by atoms with van der Waals surface area (Å²) >= 11 is 1.31. The third-order valence-electron chi connectivity index (χ3n) is 1.19. The molecule has 4 nitrogen and oxygen atoms in total. The van der Waals surface area contributed by atoms with Crippen LogP contribution in [-0.2, 0) is 0 Å². The molecule has 0 bridgehead atoms. The highest BCUT2D eigenvalue weighted by Gasteiger charge is 2.09. The number of aromatic nitrogens is 3. The van der Waals surface area contributed by atoms with E-state index in [2.05, 4.69) is 15.0 Å². The fourth-order valence-corrected chi connectivity index (χ4v) is 1.03. The van der Waals surface area contributed by atoms with Gasteiger partial charge in [0.1, 0.15) is 0 Å². The van der Waals surface area contributed by atoms with Gasteiger partial charge in [0.05, 0.1) is 0 Å². The fourth-order valence-electron chi connectivity index (χ4n) is 0.658. The Morgan fingerprint density at radius 1 is 1.42 bits per heavy atom. The largest absolute Gasteiger partial charge is 0.368 e. The number of alkyl halides is 1. The Kier molecular flexibility index (Phi) is 2.80. The van der Waals surface area contributed by atoms with Gasteiger partial charge in [0.15, 0.2) is 17.2 Å². The van der Waals surface area contributed by atoms with Crippen LogP contribution in [-0.4, -0.2) is 21.2 Å². The van der Waals surface area contributed by atoms with Gasteiger partial charge in [-0.05, 0) is 13.2 Å². The Hall–Kier alpha value is -0.910. The zero-order valence-corrected chi connectivity index (χ0v) is 7.60. The van der Waals surface area contributed by atoms with Crippen molar-refractivity contribution < 1.29 is 4.39 Å². The van der Waals surface area contributed by atoms with E-state index in [4.69, 9.17) is 5.73 Å². The summed E-state index contributed by atoms with van der Waals surface area (Å²) in [6.07, 6.45) is 0.586. The molecule has 66 valence electrons. The van der Waals surface area contributed by atoms with Crippen LogP contribution in [0.1, 0.15) is 18.9 Å². The Balaban J connectivity index is 3.06. The predicted molar refractivity (Wildman–Crippen MR) is 45.5 cm³/mol. The average Bonchev–Trinajstić information content (AvgIpc) is 2.03. The standard InChI is InChI=1S/C6H9FN4S/c1-3(7)4-9-5(8)11-6(10-4)12-2/h3H,1-2H3,(H2,8,9,10,11). The highest BCUT2D eigenvalue weighted by molar-refractivity contribution is 7.98. The lowest BCUT2D eigenvalue weighted by Crippen LogP contribution is -2.04. The molecule has 0 aliphatic rings. The first-order chi connectivity index (χ1) is 5.63. The Morgan fingerprint density at radius 3 is 2.58 bits per heavy atom. The van der Waals surface area contributed by atoms with Gasteiger partial charge in [-0.3, -0.25) is 0 Å². The summed E-state index contributed by atoms with van der Waals surface area (Å²) in [5.41, 5.74) is 5.33. The van der Waals surface area contributed by atoms with Gasteiger partial charge in [-0.25, -0.2) is 9.37 Å². The SMILES string of the molecule is CSc1nc(N)nc(C(C)F)n1. The van der Waals surface area contributed by atoms with E-state index >= 15 is 0 Å². The maximum absolute atomic E-state index is 12.7. The van der Waals surface area contributed by atoms with Crippen molar-refractivity contribution in [3.05, 3.63) is 5.82 Å². The molecule has 1 heterocycles. The summed E-state index contributed by atoms with van der Waals surface area (Å²) in [6.45, 7) is 1.36. The first kappa shape index (κ1) is 9.18. The van der Waals surface area contributed by atoms with Gasteiger partial charge in [-0.2, -0.15) is 9.97 Å². The summed E-state index contributed by atoms with van der Waals surface area (Å²) < 4.78 is 12.7. The van der Waals surface area contributed by atoms with E-state index in [9.17, 15) is 4.39 Å². The molecule has 0 aliphatic heterocycles. The molecule has 0 spiro atoms. The van der Waals surface area contributed by atoms with Gasteiger partial charge in [0.25, 0.3) is 0 Å². The topological polar surface area (TPSA) is 64.7 Å². The number of nitrogens with zero attached hydrogens (tertiary/aromatic N) is 3. The minimum atomic E-state index is -1.21. The van der Waals surface area contributed by atoms with Crippen molar-refractivity contribution in [3.63, 3.8) is 0 Å². The number of nitrogen functional groups attached to an aromatic ring is 1. The highest BCUT2D eigenvalue weighted by atomic mass is 32.2. The second-order valence-electron chi connectivity index (χ2n) is 2.15. The first-order valence-electron chi connectivity index (χ1n) is 3.33. The van der Waals surface area contributed by atoms with Crippen LogP contribution >= 0.6 is 11.8 Å². The molecule has 0 amide bonds. The van der Waals surface area contributed by atoms with Gasteiger partial charge in [-0.1, -0.05) is 11.8 Å². The maximum atomic E-state index is 12.7.